The summed E-state index contributed by atoms with van der Waals surface area (Å²) in [5.41, 5.74) is 2.21. The summed E-state index contributed by atoms with van der Waals surface area (Å²) in [7, 11) is -1.51. The molecular weight excluding hydrogens is 278 g/mol. The zero-order valence-corrected chi connectivity index (χ0v) is 12.8. The molecule has 0 saturated heterocycles. The van der Waals surface area contributed by atoms with Gasteiger partial charge >= 0.3 is 6.03 Å². The zero-order chi connectivity index (χ0) is 15.2. The number of carbonyl (C=O) groups is 1. The lowest BCUT2D eigenvalue weighted by Crippen LogP contribution is -2.40. The minimum atomic E-state index is -3.21. The van der Waals surface area contributed by atoms with Crippen LogP contribution in [-0.4, -0.2) is 45.7 Å². The van der Waals surface area contributed by atoms with Gasteiger partial charge in [-0.2, -0.15) is 0 Å². The largest absolute Gasteiger partial charge is 0.337 e. The van der Waals surface area contributed by atoms with Gasteiger partial charge in [-0.05, 0) is 18.1 Å². The summed E-state index contributed by atoms with van der Waals surface area (Å²) in [5.74, 6) is 0. The van der Waals surface area contributed by atoms with Gasteiger partial charge < -0.3 is 10.2 Å². The molecule has 0 unspecified atom stereocenters. The Hall–Kier alpha value is -1.60. The molecule has 6 nitrogen and oxygen atoms in total. The molecule has 112 valence electrons. The van der Waals surface area contributed by atoms with Crippen LogP contribution in [0.5, 0.6) is 0 Å². The Bertz CT molecular complexity index is 558. The number of hydrogen-bond donors (Lipinski definition) is 2. The van der Waals surface area contributed by atoms with Gasteiger partial charge in [0.25, 0.3) is 0 Å². The number of nitrogens with zero attached hydrogens (tertiary/aromatic N) is 1. The third-order valence-electron chi connectivity index (χ3n) is 2.78. The lowest BCUT2D eigenvalue weighted by Gasteiger charge is -2.19. The lowest BCUT2D eigenvalue weighted by atomic mass is 10.1. The molecule has 0 aromatic heterocycles. The van der Waals surface area contributed by atoms with Gasteiger partial charge in [-0.15, -0.1) is 0 Å². The number of urea groups is 1. The van der Waals surface area contributed by atoms with Crippen molar-refractivity contribution in [2.75, 3.05) is 26.4 Å². The van der Waals surface area contributed by atoms with E-state index < -0.39 is 10.0 Å². The first kappa shape index (κ1) is 16.5. The molecule has 2 N–H and O–H groups in total. The number of benzene rings is 1. The van der Waals surface area contributed by atoms with Crippen LogP contribution in [0.3, 0.4) is 0 Å². The molecule has 7 heteroatoms. The van der Waals surface area contributed by atoms with Gasteiger partial charge in [-0.1, -0.05) is 24.3 Å². The molecule has 20 heavy (non-hydrogen) atoms. The van der Waals surface area contributed by atoms with Crippen molar-refractivity contribution in [2.45, 2.75) is 13.5 Å². The first-order valence-corrected chi connectivity index (χ1v) is 8.17. The van der Waals surface area contributed by atoms with E-state index in [1.54, 1.807) is 11.9 Å². The number of sulfonamides is 1. The van der Waals surface area contributed by atoms with Crippen molar-refractivity contribution in [3.05, 3.63) is 35.4 Å². The van der Waals surface area contributed by atoms with Crippen molar-refractivity contribution < 1.29 is 13.2 Å². The Morgan fingerprint density at radius 3 is 2.50 bits per heavy atom. The summed E-state index contributed by atoms with van der Waals surface area (Å²) in [6.45, 7) is 2.95. The quantitative estimate of drug-likeness (QED) is 0.758. The van der Waals surface area contributed by atoms with E-state index in [0.717, 1.165) is 17.4 Å². The SMILES string of the molecule is Cc1ccccc1CN(C)C(=O)NCCNS(C)(=O)=O. The Morgan fingerprint density at radius 2 is 1.90 bits per heavy atom. The molecule has 0 aliphatic rings. The molecule has 0 atom stereocenters. The number of nitrogens with one attached hydrogen (secondary N) is 2. The van der Waals surface area contributed by atoms with Gasteiger partial charge in [-0.3, -0.25) is 0 Å². The molecule has 0 aliphatic carbocycles. The maximum atomic E-state index is 11.8. The third kappa shape index (κ3) is 6.03. The summed E-state index contributed by atoms with van der Waals surface area (Å²) >= 11 is 0. The van der Waals surface area contributed by atoms with Crippen LogP contribution in [0.4, 0.5) is 4.79 Å². The first-order chi connectivity index (χ1) is 9.29. The maximum absolute atomic E-state index is 11.8. The van der Waals surface area contributed by atoms with E-state index in [9.17, 15) is 13.2 Å². The Kier molecular flexibility index (Phi) is 5.97. The number of aryl methyl sites for hydroxylation is 1. The average Bonchev–Trinajstić information content (AvgIpc) is 2.36. The van der Waals surface area contributed by atoms with E-state index in [2.05, 4.69) is 10.0 Å². The standard InChI is InChI=1S/C13H21N3O3S/c1-11-6-4-5-7-12(11)10-16(2)13(17)14-8-9-15-20(3,18)19/h4-7,15H,8-10H2,1-3H3,(H,14,17). The van der Waals surface area contributed by atoms with Crippen LogP contribution in [0.1, 0.15) is 11.1 Å². The first-order valence-electron chi connectivity index (χ1n) is 6.27. The fourth-order valence-corrected chi connectivity index (χ4v) is 2.13. The summed E-state index contributed by atoms with van der Waals surface area (Å²) in [6.07, 6.45) is 1.08. The minimum Gasteiger partial charge on any atom is -0.337 e. The third-order valence-corrected chi connectivity index (χ3v) is 3.51. The average molecular weight is 299 g/mol. The molecule has 0 aliphatic heterocycles. The summed E-state index contributed by atoms with van der Waals surface area (Å²) in [6, 6.07) is 7.63. The monoisotopic (exact) mass is 299 g/mol. The molecule has 1 rings (SSSR count). The highest BCUT2D eigenvalue weighted by atomic mass is 32.2. The highest BCUT2D eigenvalue weighted by Crippen LogP contribution is 2.09. The van der Waals surface area contributed by atoms with Gasteiger partial charge in [0.1, 0.15) is 0 Å². The van der Waals surface area contributed by atoms with Crippen molar-refractivity contribution in [1.82, 2.24) is 14.9 Å². The van der Waals surface area contributed by atoms with Crippen molar-refractivity contribution in [2.24, 2.45) is 0 Å². The molecule has 0 fully saturated rings. The molecule has 2 amide bonds. The van der Waals surface area contributed by atoms with Gasteiger partial charge in [0.2, 0.25) is 10.0 Å². The van der Waals surface area contributed by atoms with Crippen LogP contribution in [0.2, 0.25) is 0 Å². The van der Waals surface area contributed by atoms with Crippen LogP contribution in [0, 0.1) is 6.92 Å². The molecule has 0 bridgehead atoms. The van der Waals surface area contributed by atoms with Crippen molar-refractivity contribution in [3.63, 3.8) is 0 Å². The van der Waals surface area contributed by atoms with E-state index in [1.807, 2.05) is 31.2 Å². The highest BCUT2D eigenvalue weighted by molar-refractivity contribution is 7.88. The van der Waals surface area contributed by atoms with Crippen LogP contribution >= 0.6 is 0 Å². The van der Waals surface area contributed by atoms with E-state index in [4.69, 9.17) is 0 Å². The maximum Gasteiger partial charge on any atom is 0.317 e. The zero-order valence-electron chi connectivity index (χ0n) is 12.0. The van der Waals surface area contributed by atoms with E-state index in [1.165, 1.54) is 0 Å². The second-order valence-electron chi connectivity index (χ2n) is 4.68. The minimum absolute atomic E-state index is 0.183. The van der Waals surface area contributed by atoms with Crippen LogP contribution < -0.4 is 10.0 Å². The smallest absolute Gasteiger partial charge is 0.317 e. The fourth-order valence-electron chi connectivity index (χ4n) is 1.66. The topological polar surface area (TPSA) is 78.5 Å². The Morgan fingerprint density at radius 1 is 1.25 bits per heavy atom. The summed E-state index contributed by atoms with van der Waals surface area (Å²) < 4.78 is 24.0. The highest BCUT2D eigenvalue weighted by Gasteiger charge is 2.09. The molecule has 0 saturated carbocycles. The van der Waals surface area contributed by atoms with Crippen molar-refractivity contribution >= 4 is 16.1 Å². The normalized spacial score (nSPS) is 11.2. The molecule has 0 radical (unpaired) electrons. The number of hydrogen-bond acceptors (Lipinski definition) is 3. The Balaban J connectivity index is 2.38. The van der Waals surface area contributed by atoms with Gasteiger partial charge in [-0.25, -0.2) is 17.9 Å². The van der Waals surface area contributed by atoms with Crippen molar-refractivity contribution in [3.8, 4) is 0 Å². The molecular formula is C13H21N3O3S. The molecule has 1 aromatic carbocycles. The van der Waals surface area contributed by atoms with E-state index >= 15 is 0 Å². The van der Waals surface area contributed by atoms with E-state index in [-0.39, 0.29) is 19.1 Å². The van der Waals surface area contributed by atoms with Crippen LogP contribution in [0.25, 0.3) is 0 Å². The second-order valence-corrected chi connectivity index (χ2v) is 6.51. The summed E-state index contributed by atoms with van der Waals surface area (Å²) in [5, 5.41) is 2.65. The fraction of sp³-hybridized carbons (Fsp3) is 0.462. The van der Waals surface area contributed by atoms with Gasteiger partial charge in [0, 0.05) is 26.7 Å². The number of rotatable bonds is 6. The van der Waals surface area contributed by atoms with Crippen molar-refractivity contribution in [1.29, 1.82) is 0 Å². The summed E-state index contributed by atoms with van der Waals surface area (Å²) in [4.78, 5) is 13.4. The molecule has 0 spiro atoms. The van der Waals surface area contributed by atoms with Gasteiger partial charge in [0.05, 0.1) is 6.26 Å². The van der Waals surface area contributed by atoms with Crippen LogP contribution in [-0.2, 0) is 16.6 Å². The predicted molar refractivity (Wildman–Crippen MR) is 78.9 cm³/mol. The Labute approximate surface area is 120 Å². The predicted octanol–water partition coefficient (Wildman–Crippen LogP) is 0.686. The van der Waals surface area contributed by atoms with Crippen LogP contribution in [0.15, 0.2) is 24.3 Å². The van der Waals surface area contributed by atoms with Gasteiger partial charge in [0.15, 0.2) is 0 Å². The lowest BCUT2D eigenvalue weighted by molar-refractivity contribution is 0.207. The molecule has 0 heterocycles. The molecule has 1 aromatic rings. The van der Waals surface area contributed by atoms with E-state index in [0.29, 0.717) is 6.54 Å². The second kappa shape index (κ2) is 7.25. The number of amides is 2. The number of carbonyl (C=O) groups excluding carboxylic acids is 1.